The normalized spacial score (nSPS) is 19.9. The number of hydrogen-bond acceptors (Lipinski definition) is 3. The molecule has 6 nitrogen and oxygen atoms in total. The molecule has 0 radical (unpaired) electrons. The van der Waals surface area contributed by atoms with Crippen molar-refractivity contribution in [1.29, 1.82) is 0 Å². The lowest BCUT2D eigenvalue weighted by atomic mass is 9.94. The van der Waals surface area contributed by atoms with Crippen molar-refractivity contribution in [2.24, 2.45) is 0 Å². The maximum Gasteiger partial charge on any atom is 0.329 e. The lowest BCUT2D eigenvalue weighted by Gasteiger charge is -2.43. The molecule has 0 spiro atoms. The maximum absolute atomic E-state index is 13.1. The maximum atomic E-state index is 13.1. The number of urea groups is 1. The van der Waals surface area contributed by atoms with Gasteiger partial charge in [-0.1, -0.05) is 34.5 Å². The van der Waals surface area contributed by atoms with E-state index in [0.29, 0.717) is 27.3 Å². The van der Waals surface area contributed by atoms with E-state index in [1.807, 2.05) is 13.8 Å². The molecule has 0 saturated carbocycles. The average molecular weight is 453 g/mol. The number of rotatable bonds is 4. The van der Waals surface area contributed by atoms with Crippen LogP contribution in [0.3, 0.4) is 0 Å². The molecule has 3 rings (SSSR count). The van der Waals surface area contributed by atoms with E-state index in [0.717, 1.165) is 4.90 Å². The number of halogens is 2. The van der Waals surface area contributed by atoms with E-state index in [9.17, 15) is 14.7 Å². The van der Waals surface area contributed by atoms with Gasteiger partial charge < -0.3 is 15.7 Å². The molecule has 1 aliphatic heterocycles. The first-order valence-electron chi connectivity index (χ1n) is 8.47. The highest BCUT2D eigenvalue weighted by molar-refractivity contribution is 9.10. The summed E-state index contributed by atoms with van der Waals surface area (Å²) < 4.78 is 0.670. The van der Waals surface area contributed by atoms with Crippen molar-refractivity contribution < 1.29 is 14.7 Å². The Morgan fingerprint density at radius 1 is 1.33 bits per heavy atom. The quantitative estimate of drug-likeness (QED) is 0.650. The van der Waals surface area contributed by atoms with Gasteiger partial charge in [-0.25, -0.2) is 4.79 Å². The monoisotopic (exact) mass is 451 g/mol. The van der Waals surface area contributed by atoms with E-state index < -0.39 is 17.7 Å². The van der Waals surface area contributed by atoms with Crippen LogP contribution in [0.25, 0.3) is 0 Å². The van der Waals surface area contributed by atoms with Gasteiger partial charge in [-0.05, 0) is 55.8 Å². The van der Waals surface area contributed by atoms with Crippen LogP contribution in [-0.4, -0.2) is 23.1 Å². The molecule has 1 aliphatic rings. The molecule has 3 amide bonds. The summed E-state index contributed by atoms with van der Waals surface area (Å²) in [6.45, 7) is 3.75. The predicted octanol–water partition coefficient (Wildman–Crippen LogP) is 4.21. The summed E-state index contributed by atoms with van der Waals surface area (Å²) >= 11 is 9.31. The Hall–Kier alpha value is -2.09. The number of nitrogens with one attached hydrogen (secondary N) is 2. The molecule has 0 aromatic heterocycles. The summed E-state index contributed by atoms with van der Waals surface area (Å²) in [5.74, 6) is -0.680. The number of benzene rings is 2. The fourth-order valence-electron chi connectivity index (χ4n) is 2.90. The number of hydrogen-bond donors (Lipinski definition) is 3. The molecule has 0 unspecified atom stereocenters. The minimum absolute atomic E-state index is 0.172. The van der Waals surface area contributed by atoms with Gasteiger partial charge in [0.15, 0.2) is 0 Å². The van der Waals surface area contributed by atoms with Gasteiger partial charge in [-0.2, -0.15) is 0 Å². The van der Waals surface area contributed by atoms with Crippen LogP contribution >= 0.6 is 27.5 Å². The second-order valence-corrected chi connectivity index (χ2v) is 7.74. The fraction of sp³-hybridized carbons (Fsp3) is 0.263. The lowest BCUT2D eigenvalue weighted by Crippen LogP contribution is -2.63. The van der Waals surface area contributed by atoms with Crippen LogP contribution in [-0.2, 0) is 10.5 Å². The fourth-order valence-corrected chi connectivity index (χ4v) is 3.38. The minimum Gasteiger partial charge on any atom is -0.359 e. The van der Waals surface area contributed by atoms with Crippen LogP contribution in [0.15, 0.2) is 46.9 Å². The minimum atomic E-state index is -2.22. The number of fused-ring (bicyclic) bond motifs is 1. The summed E-state index contributed by atoms with van der Waals surface area (Å²) in [5, 5.41) is 17.6. The average Bonchev–Trinajstić information content (AvgIpc) is 2.63. The zero-order chi connectivity index (χ0) is 19.8. The van der Waals surface area contributed by atoms with Gasteiger partial charge in [-0.15, -0.1) is 0 Å². The molecule has 1 heterocycles. The van der Waals surface area contributed by atoms with E-state index >= 15 is 0 Å². The van der Waals surface area contributed by atoms with E-state index in [1.165, 1.54) is 0 Å². The number of carbonyl (C=O) groups excluding carboxylic acids is 2. The Bertz CT molecular complexity index is 890. The van der Waals surface area contributed by atoms with Crippen LogP contribution in [0.2, 0.25) is 5.02 Å². The van der Waals surface area contributed by atoms with Crippen LogP contribution in [0, 0.1) is 0 Å². The van der Waals surface area contributed by atoms with Crippen molar-refractivity contribution in [3.8, 4) is 0 Å². The van der Waals surface area contributed by atoms with Gasteiger partial charge in [0.2, 0.25) is 0 Å². The second-order valence-electron chi connectivity index (χ2n) is 6.39. The van der Waals surface area contributed by atoms with Crippen molar-refractivity contribution in [2.45, 2.75) is 32.0 Å². The first-order chi connectivity index (χ1) is 12.8. The molecule has 27 heavy (non-hydrogen) atoms. The number of amides is 3. The predicted molar refractivity (Wildman–Crippen MR) is 109 cm³/mol. The third-order valence-corrected chi connectivity index (χ3v) is 5.26. The first kappa shape index (κ1) is 19.7. The Labute approximate surface area is 170 Å². The zero-order valence-corrected chi connectivity index (χ0v) is 17.1. The van der Waals surface area contributed by atoms with Crippen molar-refractivity contribution in [1.82, 2.24) is 5.32 Å². The van der Waals surface area contributed by atoms with Gasteiger partial charge in [0.25, 0.3) is 11.6 Å². The number of nitrogens with zero attached hydrogens (tertiary/aromatic N) is 1. The molecule has 8 heteroatoms. The molecule has 0 saturated heterocycles. The van der Waals surface area contributed by atoms with Crippen LogP contribution in [0.5, 0.6) is 0 Å². The van der Waals surface area contributed by atoms with E-state index in [1.54, 1.807) is 42.5 Å². The van der Waals surface area contributed by atoms with Gasteiger partial charge in [0.1, 0.15) is 0 Å². The third kappa shape index (κ3) is 3.54. The Balaban J connectivity index is 2.19. The highest BCUT2D eigenvalue weighted by atomic mass is 79.9. The highest BCUT2D eigenvalue weighted by Crippen LogP contribution is 2.41. The number of aliphatic hydroxyl groups is 1. The smallest absolute Gasteiger partial charge is 0.329 e. The van der Waals surface area contributed by atoms with Crippen LogP contribution in [0.4, 0.5) is 16.2 Å². The number of anilines is 2. The SMILES string of the molecule is CC[C@H](C)NC(=O)[C@@]1(O)c2cc(Br)ccc2NC(=O)N1c1ccc(Cl)cc1. The van der Waals surface area contributed by atoms with Gasteiger partial charge in [-0.3, -0.25) is 9.69 Å². The molecule has 142 valence electrons. The van der Waals surface area contributed by atoms with Gasteiger partial charge >= 0.3 is 6.03 Å². The van der Waals surface area contributed by atoms with E-state index in [2.05, 4.69) is 26.6 Å². The Morgan fingerprint density at radius 3 is 2.63 bits per heavy atom. The lowest BCUT2D eigenvalue weighted by molar-refractivity contribution is -0.140. The summed E-state index contributed by atoms with van der Waals surface area (Å²) in [6, 6.07) is 10.5. The largest absolute Gasteiger partial charge is 0.359 e. The van der Waals surface area contributed by atoms with Crippen LogP contribution in [0.1, 0.15) is 25.8 Å². The molecule has 0 bridgehead atoms. The summed E-state index contributed by atoms with van der Waals surface area (Å²) in [7, 11) is 0. The third-order valence-electron chi connectivity index (χ3n) is 4.52. The first-order valence-corrected chi connectivity index (χ1v) is 9.64. The second kappa shape index (κ2) is 7.50. The molecule has 3 N–H and O–H groups in total. The van der Waals surface area contributed by atoms with Crippen LogP contribution < -0.4 is 15.5 Å². The highest BCUT2D eigenvalue weighted by Gasteiger charge is 2.52. The van der Waals surface area contributed by atoms with E-state index in [4.69, 9.17) is 11.6 Å². The summed E-state index contributed by atoms with van der Waals surface area (Å²) in [5.41, 5.74) is -1.25. The van der Waals surface area contributed by atoms with E-state index in [-0.39, 0.29) is 11.6 Å². The summed E-state index contributed by atoms with van der Waals surface area (Å²) in [6.07, 6.45) is 0.681. The van der Waals surface area contributed by atoms with Gasteiger partial charge in [0.05, 0.1) is 5.69 Å². The van der Waals surface area contributed by atoms with Crippen molar-refractivity contribution in [3.63, 3.8) is 0 Å². The summed E-state index contributed by atoms with van der Waals surface area (Å²) in [4.78, 5) is 27.0. The molecule has 0 aliphatic carbocycles. The van der Waals surface area contributed by atoms with Crippen molar-refractivity contribution >= 4 is 50.8 Å². The molecule has 0 fully saturated rings. The van der Waals surface area contributed by atoms with Crippen molar-refractivity contribution in [3.05, 3.63) is 57.5 Å². The Kier molecular flexibility index (Phi) is 5.46. The Morgan fingerprint density at radius 2 is 2.00 bits per heavy atom. The molecule has 2 aromatic carbocycles. The molecule has 2 atom stereocenters. The topological polar surface area (TPSA) is 81.7 Å². The standard InChI is InChI=1S/C19H19BrClN3O3/c1-3-11(2)22-17(25)19(27)15-10-12(20)4-9-16(15)23-18(26)24(19)14-7-5-13(21)6-8-14/h4-11,27H,3H2,1-2H3,(H,22,25)(H,23,26)/t11-,19-/m0/s1. The number of carbonyl (C=O) groups is 2. The zero-order valence-electron chi connectivity index (χ0n) is 14.8. The molecular weight excluding hydrogens is 434 g/mol. The van der Waals surface area contributed by atoms with Gasteiger partial charge in [0, 0.05) is 26.8 Å². The molecular formula is C19H19BrClN3O3. The van der Waals surface area contributed by atoms with Crippen molar-refractivity contribution in [2.75, 3.05) is 10.2 Å². The molecule has 2 aromatic rings.